The van der Waals surface area contributed by atoms with Gasteiger partial charge in [-0.25, -0.2) is 0 Å². The van der Waals surface area contributed by atoms with Gasteiger partial charge in [-0.2, -0.15) is 5.26 Å². The lowest BCUT2D eigenvalue weighted by Crippen LogP contribution is -2.33. The third-order valence-corrected chi connectivity index (χ3v) is 4.44. The summed E-state index contributed by atoms with van der Waals surface area (Å²) in [7, 11) is 0. The maximum Gasteiger partial charge on any atom is 0.256 e. The van der Waals surface area contributed by atoms with Crippen LogP contribution in [0.1, 0.15) is 47.4 Å². The summed E-state index contributed by atoms with van der Waals surface area (Å²) in [6, 6.07) is 14.9. The summed E-state index contributed by atoms with van der Waals surface area (Å²) < 4.78 is 0. The lowest BCUT2D eigenvalue weighted by molar-refractivity contribution is 0.0740. The molecule has 1 heterocycles. The number of nitrogens with one attached hydrogen (secondary N) is 1. The molecule has 4 nitrogen and oxygen atoms in total. The van der Waals surface area contributed by atoms with E-state index in [2.05, 4.69) is 18.3 Å². The maximum atomic E-state index is 12.7. The molecule has 122 valence electrons. The summed E-state index contributed by atoms with van der Waals surface area (Å²) in [5.41, 5.74) is 2.81. The highest BCUT2D eigenvalue weighted by Gasteiger charge is 2.36. The predicted octanol–water partition coefficient (Wildman–Crippen LogP) is 4.58. The molecule has 0 fully saturated rings. The molecule has 1 amide bonds. The van der Waals surface area contributed by atoms with E-state index in [1.165, 1.54) is 0 Å². The van der Waals surface area contributed by atoms with E-state index in [4.69, 9.17) is 11.6 Å². The topological polar surface area (TPSA) is 56.1 Å². The number of fused-ring (bicyclic) bond motifs is 1. The van der Waals surface area contributed by atoms with Gasteiger partial charge in [-0.3, -0.25) is 4.79 Å². The van der Waals surface area contributed by atoms with Gasteiger partial charge in [0.05, 0.1) is 11.3 Å². The van der Waals surface area contributed by atoms with Crippen molar-refractivity contribution < 1.29 is 4.79 Å². The second-order valence-electron chi connectivity index (χ2n) is 5.79. The molecule has 0 radical (unpaired) electrons. The van der Waals surface area contributed by atoms with Crippen LogP contribution in [0.5, 0.6) is 0 Å². The lowest BCUT2D eigenvalue weighted by Gasteiger charge is -2.27. The lowest BCUT2D eigenvalue weighted by atomic mass is 10.1. The molecule has 1 atom stereocenters. The Morgan fingerprint density at radius 2 is 2.08 bits per heavy atom. The van der Waals surface area contributed by atoms with Crippen LogP contribution in [-0.2, 0) is 0 Å². The number of benzene rings is 2. The van der Waals surface area contributed by atoms with E-state index >= 15 is 0 Å². The van der Waals surface area contributed by atoms with Crippen molar-refractivity contribution in [3.05, 3.63) is 64.2 Å². The number of unbranched alkanes of at least 4 members (excludes halogenated alkanes) is 1. The average Bonchev–Trinajstić information content (AvgIpc) is 2.87. The van der Waals surface area contributed by atoms with Gasteiger partial charge in [-0.05, 0) is 30.7 Å². The molecule has 1 N–H and O–H groups in total. The Hall–Kier alpha value is -2.51. The maximum absolute atomic E-state index is 12.7. The molecule has 2 aromatic carbocycles. The normalized spacial score (nSPS) is 16.0. The number of rotatable bonds is 5. The van der Waals surface area contributed by atoms with Gasteiger partial charge in [0.25, 0.3) is 5.91 Å². The van der Waals surface area contributed by atoms with Crippen LogP contribution < -0.4 is 5.32 Å². The van der Waals surface area contributed by atoms with Crippen molar-refractivity contribution in [1.82, 2.24) is 4.90 Å². The number of anilines is 1. The van der Waals surface area contributed by atoms with Crippen molar-refractivity contribution in [1.29, 1.82) is 5.26 Å². The minimum absolute atomic E-state index is 0.0315. The van der Waals surface area contributed by atoms with E-state index in [0.29, 0.717) is 22.8 Å². The number of halogens is 1. The van der Waals surface area contributed by atoms with Crippen molar-refractivity contribution in [3.8, 4) is 6.07 Å². The van der Waals surface area contributed by atoms with Gasteiger partial charge in [0.1, 0.15) is 12.2 Å². The fourth-order valence-electron chi connectivity index (χ4n) is 2.97. The van der Waals surface area contributed by atoms with E-state index in [0.717, 1.165) is 24.0 Å². The van der Waals surface area contributed by atoms with Gasteiger partial charge in [0.2, 0.25) is 0 Å². The quantitative estimate of drug-likeness (QED) is 0.867. The Morgan fingerprint density at radius 3 is 2.83 bits per heavy atom. The fourth-order valence-corrected chi connectivity index (χ4v) is 3.14. The van der Waals surface area contributed by atoms with E-state index in [1.807, 2.05) is 29.2 Å². The number of carbonyl (C=O) groups is 1. The zero-order valence-corrected chi connectivity index (χ0v) is 14.2. The predicted molar refractivity (Wildman–Crippen MR) is 94.9 cm³/mol. The third-order valence-electron chi connectivity index (χ3n) is 4.21. The van der Waals surface area contributed by atoms with Crippen LogP contribution in [0, 0.1) is 11.3 Å². The molecule has 0 spiro atoms. The van der Waals surface area contributed by atoms with Gasteiger partial charge < -0.3 is 10.2 Å². The molecular formula is C19H18ClN3O. The Bertz CT molecular complexity index is 812. The SMILES string of the molecule is CCCCN1C(=O)c2ccccc2[C@H]1Nc1ccc(Cl)cc1C#N. The molecule has 0 saturated heterocycles. The molecule has 5 heteroatoms. The number of hydrogen-bond donors (Lipinski definition) is 1. The van der Waals surface area contributed by atoms with Crippen molar-refractivity contribution in [2.75, 3.05) is 11.9 Å². The number of amides is 1. The van der Waals surface area contributed by atoms with Crippen LogP contribution in [0.25, 0.3) is 0 Å². The Balaban J connectivity index is 1.97. The molecule has 1 aliphatic rings. The molecule has 3 rings (SSSR count). The van der Waals surface area contributed by atoms with Crippen molar-refractivity contribution in [2.45, 2.75) is 25.9 Å². The summed E-state index contributed by atoms with van der Waals surface area (Å²) in [5.74, 6) is 0.0315. The van der Waals surface area contributed by atoms with Crippen LogP contribution in [0.4, 0.5) is 5.69 Å². The number of nitrogens with zero attached hydrogens (tertiary/aromatic N) is 2. The standard InChI is InChI=1S/C19H18ClN3O/c1-2-3-10-23-18(15-6-4-5-7-16(15)19(23)24)22-17-9-8-14(20)11-13(17)12-21/h4-9,11,18,22H,2-3,10H2,1H3/t18-/m0/s1. The van der Waals surface area contributed by atoms with Crippen molar-refractivity contribution in [3.63, 3.8) is 0 Å². The number of carbonyl (C=O) groups excluding carboxylic acids is 1. The smallest absolute Gasteiger partial charge is 0.256 e. The first kappa shape index (κ1) is 16.4. The van der Waals surface area contributed by atoms with Crippen molar-refractivity contribution in [2.24, 2.45) is 0 Å². The Labute approximate surface area is 146 Å². The molecular weight excluding hydrogens is 322 g/mol. The van der Waals surface area contributed by atoms with Gasteiger partial charge >= 0.3 is 0 Å². The first-order valence-electron chi connectivity index (χ1n) is 8.01. The highest BCUT2D eigenvalue weighted by molar-refractivity contribution is 6.30. The molecule has 0 aliphatic carbocycles. The van der Waals surface area contributed by atoms with Crippen LogP contribution in [0.3, 0.4) is 0 Å². The minimum Gasteiger partial charge on any atom is -0.360 e. The van der Waals surface area contributed by atoms with Crippen LogP contribution in [0.15, 0.2) is 42.5 Å². The zero-order valence-electron chi connectivity index (χ0n) is 13.4. The fraction of sp³-hybridized carbons (Fsp3) is 0.263. The Kier molecular flexibility index (Phi) is 4.73. The molecule has 0 saturated carbocycles. The number of hydrogen-bond acceptors (Lipinski definition) is 3. The molecule has 0 unspecified atom stereocenters. The zero-order chi connectivity index (χ0) is 17.1. The largest absolute Gasteiger partial charge is 0.360 e. The van der Waals surface area contributed by atoms with Crippen LogP contribution in [-0.4, -0.2) is 17.4 Å². The number of nitriles is 1. The third kappa shape index (κ3) is 2.95. The first-order chi connectivity index (χ1) is 11.7. The second kappa shape index (κ2) is 6.94. The van der Waals surface area contributed by atoms with Crippen molar-refractivity contribution >= 4 is 23.2 Å². The van der Waals surface area contributed by atoms with Crippen LogP contribution >= 0.6 is 11.6 Å². The molecule has 24 heavy (non-hydrogen) atoms. The average molecular weight is 340 g/mol. The van der Waals surface area contributed by atoms with E-state index < -0.39 is 0 Å². The summed E-state index contributed by atoms with van der Waals surface area (Å²) in [6.45, 7) is 2.78. The van der Waals surface area contributed by atoms with E-state index in [1.54, 1.807) is 18.2 Å². The molecule has 0 aromatic heterocycles. The van der Waals surface area contributed by atoms with Gasteiger partial charge in [0.15, 0.2) is 0 Å². The van der Waals surface area contributed by atoms with Crippen LogP contribution in [0.2, 0.25) is 5.02 Å². The summed E-state index contributed by atoms with van der Waals surface area (Å²) in [4.78, 5) is 14.5. The van der Waals surface area contributed by atoms with E-state index in [9.17, 15) is 10.1 Å². The summed E-state index contributed by atoms with van der Waals surface area (Å²) in [5, 5.41) is 13.2. The van der Waals surface area contributed by atoms with Gasteiger partial charge in [-0.1, -0.05) is 43.1 Å². The van der Waals surface area contributed by atoms with E-state index in [-0.39, 0.29) is 12.1 Å². The molecule has 1 aliphatic heterocycles. The first-order valence-corrected chi connectivity index (χ1v) is 8.39. The summed E-state index contributed by atoms with van der Waals surface area (Å²) in [6.07, 6.45) is 1.68. The molecule has 2 aromatic rings. The van der Waals surface area contributed by atoms with Gasteiger partial charge in [0, 0.05) is 22.7 Å². The molecule has 0 bridgehead atoms. The minimum atomic E-state index is -0.270. The monoisotopic (exact) mass is 339 g/mol. The highest BCUT2D eigenvalue weighted by atomic mass is 35.5. The highest BCUT2D eigenvalue weighted by Crippen LogP contribution is 2.35. The Morgan fingerprint density at radius 1 is 1.29 bits per heavy atom. The summed E-state index contributed by atoms with van der Waals surface area (Å²) >= 11 is 5.97. The second-order valence-corrected chi connectivity index (χ2v) is 6.22. The van der Waals surface area contributed by atoms with Gasteiger partial charge in [-0.15, -0.1) is 0 Å².